The fourth-order valence-corrected chi connectivity index (χ4v) is 2.01. The van der Waals surface area contributed by atoms with Crippen LogP contribution in [0.2, 0.25) is 4.34 Å². The number of hydrogen-bond donors (Lipinski definition) is 3. The first-order chi connectivity index (χ1) is 7.99. The van der Waals surface area contributed by atoms with Crippen LogP contribution in [0, 0.1) is 0 Å². The van der Waals surface area contributed by atoms with Crippen LogP contribution in [0.5, 0.6) is 0 Å². The molecule has 6 heteroatoms. The number of carbonyl (C=O) groups excluding carboxylic acids is 1. The Morgan fingerprint density at radius 3 is 2.65 bits per heavy atom. The van der Waals surface area contributed by atoms with Crippen LogP contribution in [-0.4, -0.2) is 34.9 Å². The lowest BCUT2D eigenvalue weighted by Crippen LogP contribution is -2.51. The van der Waals surface area contributed by atoms with E-state index < -0.39 is 5.54 Å². The Morgan fingerprint density at radius 1 is 1.53 bits per heavy atom. The minimum Gasteiger partial charge on any atom is -0.394 e. The Kier molecular flexibility index (Phi) is 5.14. The van der Waals surface area contributed by atoms with Gasteiger partial charge in [-0.3, -0.25) is 4.79 Å². The van der Waals surface area contributed by atoms with Crippen LogP contribution in [0.15, 0.2) is 18.2 Å². The minimum absolute atomic E-state index is 0.325. The average Bonchev–Trinajstić information content (AvgIpc) is 2.72. The number of carbonyl (C=O) groups is 1. The zero-order valence-electron chi connectivity index (χ0n) is 9.31. The molecule has 0 spiro atoms. The monoisotopic (exact) mass is 275 g/mol. The highest BCUT2D eigenvalue weighted by molar-refractivity contribution is 7.17. The van der Waals surface area contributed by atoms with E-state index in [2.05, 4.69) is 5.32 Å². The highest BCUT2D eigenvalue weighted by atomic mass is 35.5. The molecule has 3 N–H and O–H groups in total. The number of rotatable bonds is 5. The van der Waals surface area contributed by atoms with Gasteiger partial charge in [-0.1, -0.05) is 11.6 Å². The molecule has 0 saturated heterocycles. The molecule has 0 fully saturated rings. The lowest BCUT2D eigenvalue weighted by atomic mass is 10.1. The van der Waals surface area contributed by atoms with E-state index in [1.807, 2.05) is 0 Å². The predicted octanol–water partition coefficient (Wildman–Crippen LogP) is 1.27. The molecule has 0 aliphatic rings. The Bertz CT molecular complexity index is 413. The third-order valence-electron chi connectivity index (χ3n) is 2.12. The fourth-order valence-electron chi connectivity index (χ4n) is 1.04. The molecule has 1 heterocycles. The summed E-state index contributed by atoms with van der Waals surface area (Å²) in [6.45, 7) is 0.905. The summed E-state index contributed by atoms with van der Waals surface area (Å²) in [5.41, 5.74) is -1.01. The number of aliphatic hydroxyl groups is 2. The molecule has 0 aliphatic heterocycles. The summed E-state index contributed by atoms with van der Waals surface area (Å²) in [4.78, 5) is 12.4. The normalized spacial score (nSPS) is 12.0. The summed E-state index contributed by atoms with van der Waals surface area (Å²) in [7, 11) is 0. The van der Waals surface area contributed by atoms with Crippen LogP contribution in [0.3, 0.4) is 0 Å². The summed E-state index contributed by atoms with van der Waals surface area (Å²) in [6, 6.07) is 3.55. The smallest absolute Gasteiger partial charge is 0.244 e. The summed E-state index contributed by atoms with van der Waals surface area (Å²) >= 11 is 7.10. The average molecular weight is 276 g/mol. The van der Waals surface area contributed by atoms with Crippen molar-refractivity contribution in [2.24, 2.45) is 0 Å². The SMILES string of the molecule is CC(CO)(CO)NC(=O)/C=C/c1ccc(Cl)s1. The van der Waals surface area contributed by atoms with Gasteiger partial charge in [0.1, 0.15) is 0 Å². The number of aliphatic hydroxyl groups excluding tert-OH is 2. The van der Waals surface area contributed by atoms with Gasteiger partial charge in [0.2, 0.25) is 5.91 Å². The van der Waals surface area contributed by atoms with E-state index in [0.29, 0.717) is 4.34 Å². The van der Waals surface area contributed by atoms with E-state index in [-0.39, 0.29) is 19.1 Å². The van der Waals surface area contributed by atoms with E-state index in [0.717, 1.165) is 4.88 Å². The van der Waals surface area contributed by atoms with E-state index in [9.17, 15) is 4.79 Å². The van der Waals surface area contributed by atoms with Gasteiger partial charge in [-0.2, -0.15) is 0 Å². The zero-order chi connectivity index (χ0) is 12.9. The van der Waals surface area contributed by atoms with Crippen molar-refractivity contribution in [3.05, 3.63) is 27.4 Å². The van der Waals surface area contributed by atoms with Crippen LogP contribution in [0.1, 0.15) is 11.8 Å². The van der Waals surface area contributed by atoms with Crippen molar-refractivity contribution in [1.29, 1.82) is 0 Å². The number of halogens is 1. The van der Waals surface area contributed by atoms with E-state index >= 15 is 0 Å². The lowest BCUT2D eigenvalue weighted by Gasteiger charge is -2.25. The minimum atomic E-state index is -1.01. The molecule has 1 aromatic heterocycles. The molecule has 0 bridgehead atoms. The maximum Gasteiger partial charge on any atom is 0.244 e. The molecule has 0 aromatic carbocycles. The van der Waals surface area contributed by atoms with Crippen LogP contribution in [0.4, 0.5) is 0 Å². The Hall–Kier alpha value is -0.880. The van der Waals surface area contributed by atoms with Crippen LogP contribution in [0.25, 0.3) is 6.08 Å². The molecule has 1 aromatic rings. The van der Waals surface area contributed by atoms with E-state index in [4.69, 9.17) is 21.8 Å². The van der Waals surface area contributed by atoms with E-state index in [1.54, 1.807) is 25.1 Å². The van der Waals surface area contributed by atoms with Crippen molar-refractivity contribution in [2.45, 2.75) is 12.5 Å². The first-order valence-corrected chi connectivity index (χ1v) is 6.16. The second-order valence-electron chi connectivity index (χ2n) is 3.84. The van der Waals surface area contributed by atoms with E-state index in [1.165, 1.54) is 17.4 Å². The maximum atomic E-state index is 11.5. The molecular formula is C11H14ClNO3S. The number of amides is 1. The molecule has 4 nitrogen and oxygen atoms in total. The molecule has 0 saturated carbocycles. The summed E-state index contributed by atoms with van der Waals surface area (Å²) in [5, 5.41) is 20.5. The topological polar surface area (TPSA) is 69.6 Å². The van der Waals surface area contributed by atoms with Gasteiger partial charge in [-0.25, -0.2) is 0 Å². The second kappa shape index (κ2) is 6.16. The summed E-state index contributed by atoms with van der Waals surface area (Å²) in [6.07, 6.45) is 2.97. The number of nitrogens with one attached hydrogen (secondary N) is 1. The standard InChI is InChI=1S/C11H14ClNO3S/c1-11(6-14,7-15)13-10(16)5-3-8-2-4-9(12)17-8/h2-5,14-15H,6-7H2,1H3,(H,13,16)/b5-3+. The first kappa shape index (κ1) is 14.2. The molecular weight excluding hydrogens is 262 g/mol. The zero-order valence-corrected chi connectivity index (χ0v) is 10.9. The molecule has 0 aliphatic carbocycles. The van der Waals surface area contributed by atoms with Crippen molar-refractivity contribution < 1.29 is 15.0 Å². The predicted molar refractivity (Wildman–Crippen MR) is 69.1 cm³/mol. The Labute approximate surface area is 109 Å². The van der Waals surface area contributed by atoms with Gasteiger partial charge < -0.3 is 15.5 Å². The van der Waals surface area contributed by atoms with Gasteiger partial charge in [0, 0.05) is 11.0 Å². The number of thiophene rings is 1. The third-order valence-corrected chi connectivity index (χ3v) is 3.31. The molecule has 1 rings (SSSR count). The van der Waals surface area contributed by atoms with Crippen molar-refractivity contribution in [1.82, 2.24) is 5.32 Å². The van der Waals surface area contributed by atoms with Gasteiger partial charge >= 0.3 is 0 Å². The maximum absolute atomic E-state index is 11.5. The van der Waals surface area contributed by atoms with Crippen molar-refractivity contribution in [3.8, 4) is 0 Å². The van der Waals surface area contributed by atoms with Crippen molar-refractivity contribution in [2.75, 3.05) is 13.2 Å². The van der Waals surface area contributed by atoms with Gasteiger partial charge in [-0.05, 0) is 25.1 Å². The molecule has 1 amide bonds. The van der Waals surface area contributed by atoms with Gasteiger partial charge in [-0.15, -0.1) is 11.3 Å². The van der Waals surface area contributed by atoms with Gasteiger partial charge in [0.25, 0.3) is 0 Å². The molecule has 0 radical (unpaired) electrons. The first-order valence-electron chi connectivity index (χ1n) is 4.96. The Morgan fingerprint density at radius 2 is 2.18 bits per heavy atom. The van der Waals surface area contributed by atoms with Crippen molar-refractivity contribution in [3.63, 3.8) is 0 Å². The third kappa shape index (κ3) is 4.47. The lowest BCUT2D eigenvalue weighted by molar-refractivity contribution is -0.119. The molecule has 17 heavy (non-hydrogen) atoms. The summed E-state index contributed by atoms with van der Waals surface area (Å²) in [5.74, 6) is -0.375. The molecule has 94 valence electrons. The Balaban J connectivity index is 2.58. The number of hydrogen-bond acceptors (Lipinski definition) is 4. The molecule has 0 atom stereocenters. The summed E-state index contributed by atoms with van der Waals surface area (Å²) < 4.78 is 0.653. The van der Waals surface area contributed by atoms with Gasteiger partial charge in [0.15, 0.2) is 0 Å². The van der Waals surface area contributed by atoms with Crippen LogP contribution in [-0.2, 0) is 4.79 Å². The largest absolute Gasteiger partial charge is 0.394 e. The fraction of sp³-hybridized carbons (Fsp3) is 0.364. The van der Waals surface area contributed by atoms with Crippen LogP contribution < -0.4 is 5.32 Å². The molecule has 0 unspecified atom stereocenters. The second-order valence-corrected chi connectivity index (χ2v) is 5.59. The van der Waals surface area contributed by atoms with Crippen LogP contribution >= 0.6 is 22.9 Å². The highest BCUT2D eigenvalue weighted by Crippen LogP contribution is 2.22. The quantitative estimate of drug-likeness (QED) is 0.709. The van der Waals surface area contributed by atoms with Crippen molar-refractivity contribution >= 4 is 34.9 Å². The highest BCUT2D eigenvalue weighted by Gasteiger charge is 2.23. The van der Waals surface area contributed by atoms with Gasteiger partial charge in [0.05, 0.1) is 23.1 Å².